The summed E-state index contributed by atoms with van der Waals surface area (Å²) < 4.78 is 26.1. The first-order valence-electron chi connectivity index (χ1n) is 7.46. The van der Waals surface area contributed by atoms with E-state index in [4.69, 9.17) is 9.47 Å². The van der Waals surface area contributed by atoms with Gasteiger partial charge in [-0.15, -0.1) is 0 Å². The van der Waals surface area contributed by atoms with Crippen LogP contribution in [-0.2, 0) is 0 Å². The largest absolute Gasteiger partial charge is 0.493 e. The standard InChI is InChI=1S/C18H16FN3O3/c1-24-16-6-3-5-13(17(16)25-2)18(23)21-12-7-8-15(14(19)11-12)22-10-4-9-20-22/h3-11H,1-2H3,(H,21,23). The lowest BCUT2D eigenvalue weighted by atomic mass is 10.1. The van der Waals surface area contributed by atoms with Crippen LogP contribution in [0.25, 0.3) is 5.69 Å². The number of nitrogens with zero attached hydrogens (tertiary/aromatic N) is 2. The molecule has 1 heterocycles. The average molecular weight is 341 g/mol. The second-order valence-electron chi connectivity index (χ2n) is 5.11. The highest BCUT2D eigenvalue weighted by Gasteiger charge is 2.17. The molecule has 1 aromatic heterocycles. The number of carbonyl (C=O) groups excluding carboxylic acids is 1. The van der Waals surface area contributed by atoms with Crippen molar-refractivity contribution in [2.24, 2.45) is 0 Å². The van der Waals surface area contributed by atoms with Crippen LogP contribution in [-0.4, -0.2) is 29.9 Å². The minimum atomic E-state index is -0.501. The predicted octanol–water partition coefficient (Wildman–Crippen LogP) is 3.28. The van der Waals surface area contributed by atoms with Gasteiger partial charge in [-0.25, -0.2) is 9.07 Å². The van der Waals surface area contributed by atoms with E-state index in [1.165, 1.54) is 25.0 Å². The fourth-order valence-corrected chi connectivity index (χ4v) is 2.45. The van der Waals surface area contributed by atoms with Crippen molar-refractivity contribution < 1.29 is 18.7 Å². The molecule has 25 heavy (non-hydrogen) atoms. The molecule has 0 saturated heterocycles. The molecule has 0 aliphatic carbocycles. The Kier molecular flexibility index (Phi) is 4.65. The molecule has 3 rings (SSSR count). The fraction of sp³-hybridized carbons (Fsp3) is 0.111. The van der Waals surface area contributed by atoms with E-state index in [-0.39, 0.29) is 0 Å². The molecule has 0 aliphatic heterocycles. The normalized spacial score (nSPS) is 10.4. The topological polar surface area (TPSA) is 65.4 Å². The van der Waals surface area contributed by atoms with Crippen LogP contribution in [0.3, 0.4) is 0 Å². The first-order valence-corrected chi connectivity index (χ1v) is 7.46. The van der Waals surface area contributed by atoms with Crippen LogP contribution in [0.5, 0.6) is 11.5 Å². The van der Waals surface area contributed by atoms with Crippen molar-refractivity contribution >= 4 is 11.6 Å². The average Bonchev–Trinajstić information content (AvgIpc) is 3.15. The minimum absolute atomic E-state index is 0.290. The lowest BCUT2D eigenvalue weighted by Gasteiger charge is -2.13. The summed E-state index contributed by atoms with van der Waals surface area (Å²) in [6, 6.07) is 11.0. The quantitative estimate of drug-likeness (QED) is 0.773. The highest BCUT2D eigenvalue weighted by molar-refractivity contribution is 6.06. The Labute approximate surface area is 143 Å². The molecule has 0 bridgehead atoms. The second kappa shape index (κ2) is 7.04. The van der Waals surface area contributed by atoms with Gasteiger partial charge in [0.05, 0.1) is 19.8 Å². The van der Waals surface area contributed by atoms with Gasteiger partial charge in [0, 0.05) is 18.1 Å². The minimum Gasteiger partial charge on any atom is -0.493 e. The molecule has 0 unspecified atom stereocenters. The van der Waals surface area contributed by atoms with Crippen molar-refractivity contribution in [2.75, 3.05) is 19.5 Å². The van der Waals surface area contributed by atoms with Crippen LogP contribution >= 0.6 is 0 Å². The zero-order valence-electron chi connectivity index (χ0n) is 13.7. The van der Waals surface area contributed by atoms with Crippen LogP contribution in [0.4, 0.5) is 10.1 Å². The Morgan fingerprint density at radius 3 is 2.64 bits per heavy atom. The molecule has 128 valence electrons. The summed E-state index contributed by atoms with van der Waals surface area (Å²) in [5.41, 5.74) is 0.906. The molecular weight excluding hydrogens is 325 g/mol. The van der Waals surface area contributed by atoms with E-state index in [0.717, 1.165) is 0 Å². The van der Waals surface area contributed by atoms with E-state index in [1.807, 2.05) is 0 Å². The number of aromatic nitrogens is 2. The highest BCUT2D eigenvalue weighted by Crippen LogP contribution is 2.31. The first kappa shape index (κ1) is 16.5. The number of benzene rings is 2. The van der Waals surface area contributed by atoms with E-state index in [2.05, 4.69) is 10.4 Å². The third-order valence-corrected chi connectivity index (χ3v) is 3.60. The molecule has 0 saturated carbocycles. The number of ether oxygens (including phenoxy) is 2. The third kappa shape index (κ3) is 3.30. The smallest absolute Gasteiger partial charge is 0.259 e. The molecule has 0 spiro atoms. The Morgan fingerprint density at radius 2 is 2.00 bits per heavy atom. The molecular formula is C18H16FN3O3. The van der Waals surface area contributed by atoms with Gasteiger partial charge in [0.1, 0.15) is 5.69 Å². The van der Waals surface area contributed by atoms with Crippen molar-refractivity contribution in [3.63, 3.8) is 0 Å². The molecule has 2 aromatic carbocycles. The van der Waals surface area contributed by atoms with Gasteiger partial charge in [-0.1, -0.05) is 6.07 Å². The number of hydrogen-bond acceptors (Lipinski definition) is 4. The summed E-state index contributed by atoms with van der Waals surface area (Å²) in [6.45, 7) is 0. The Balaban J connectivity index is 1.86. The molecule has 1 N–H and O–H groups in total. The Bertz CT molecular complexity index is 895. The number of halogens is 1. The lowest BCUT2D eigenvalue weighted by molar-refractivity contribution is 0.102. The Morgan fingerprint density at radius 1 is 1.16 bits per heavy atom. The van der Waals surface area contributed by atoms with Gasteiger partial charge in [-0.3, -0.25) is 4.79 Å². The molecule has 0 fully saturated rings. The zero-order chi connectivity index (χ0) is 17.8. The summed E-state index contributed by atoms with van der Waals surface area (Å²) >= 11 is 0. The SMILES string of the molecule is COc1cccc(C(=O)Nc2ccc(-n3cccn3)c(F)c2)c1OC. The number of rotatable bonds is 5. The van der Waals surface area contributed by atoms with Crippen molar-refractivity contribution in [3.8, 4) is 17.2 Å². The van der Waals surface area contributed by atoms with Crippen LogP contribution in [0.15, 0.2) is 54.9 Å². The number of methoxy groups -OCH3 is 2. The number of anilines is 1. The van der Waals surface area contributed by atoms with Crippen LogP contribution in [0.1, 0.15) is 10.4 Å². The number of carbonyl (C=O) groups is 1. The molecule has 0 atom stereocenters. The van der Waals surface area contributed by atoms with E-state index >= 15 is 0 Å². The summed E-state index contributed by atoms with van der Waals surface area (Å²) in [5, 5.41) is 6.64. The van der Waals surface area contributed by atoms with Gasteiger partial charge >= 0.3 is 0 Å². The van der Waals surface area contributed by atoms with Crippen molar-refractivity contribution in [2.45, 2.75) is 0 Å². The summed E-state index contributed by atoms with van der Waals surface area (Å²) in [6.07, 6.45) is 3.20. The third-order valence-electron chi connectivity index (χ3n) is 3.60. The highest BCUT2D eigenvalue weighted by atomic mass is 19.1. The maximum atomic E-state index is 14.3. The number of para-hydroxylation sites is 1. The van der Waals surface area contributed by atoms with Gasteiger partial charge in [-0.2, -0.15) is 5.10 Å². The van der Waals surface area contributed by atoms with Crippen LogP contribution in [0, 0.1) is 5.82 Å². The molecule has 0 radical (unpaired) electrons. The first-order chi connectivity index (χ1) is 12.1. The van der Waals surface area contributed by atoms with E-state index in [1.54, 1.807) is 48.8 Å². The maximum Gasteiger partial charge on any atom is 0.259 e. The van der Waals surface area contributed by atoms with Gasteiger partial charge in [0.25, 0.3) is 5.91 Å². The van der Waals surface area contributed by atoms with Crippen LogP contribution < -0.4 is 14.8 Å². The van der Waals surface area contributed by atoms with Crippen molar-refractivity contribution in [1.82, 2.24) is 9.78 Å². The number of amides is 1. The maximum absolute atomic E-state index is 14.3. The molecule has 3 aromatic rings. The van der Waals surface area contributed by atoms with E-state index in [9.17, 15) is 9.18 Å². The molecule has 0 aliphatic rings. The van der Waals surface area contributed by atoms with E-state index in [0.29, 0.717) is 28.4 Å². The summed E-state index contributed by atoms with van der Waals surface area (Å²) in [5.74, 6) is -0.174. The number of nitrogens with one attached hydrogen (secondary N) is 1. The van der Waals surface area contributed by atoms with Gasteiger partial charge in [-0.05, 0) is 36.4 Å². The zero-order valence-corrected chi connectivity index (χ0v) is 13.7. The fourth-order valence-electron chi connectivity index (χ4n) is 2.45. The number of hydrogen-bond donors (Lipinski definition) is 1. The van der Waals surface area contributed by atoms with Gasteiger partial charge < -0.3 is 14.8 Å². The molecule has 6 nitrogen and oxygen atoms in total. The van der Waals surface area contributed by atoms with Crippen molar-refractivity contribution in [3.05, 3.63) is 66.2 Å². The molecule has 7 heteroatoms. The summed E-state index contributed by atoms with van der Waals surface area (Å²) in [7, 11) is 2.94. The van der Waals surface area contributed by atoms with Gasteiger partial charge in [0.2, 0.25) is 0 Å². The molecule has 1 amide bonds. The van der Waals surface area contributed by atoms with Gasteiger partial charge in [0.15, 0.2) is 17.3 Å². The van der Waals surface area contributed by atoms with Crippen molar-refractivity contribution in [1.29, 1.82) is 0 Å². The Hall–Kier alpha value is -3.35. The van der Waals surface area contributed by atoms with E-state index < -0.39 is 11.7 Å². The summed E-state index contributed by atoms with van der Waals surface area (Å²) in [4.78, 5) is 12.5. The predicted molar refractivity (Wildman–Crippen MR) is 91.0 cm³/mol. The monoisotopic (exact) mass is 341 g/mol. The van der Waals surface area contributed by atoms with Crippen LogP contribution in [0.2, 0.25) is 0 Å². The second-order valence-corrected chi connectivity index (χ2v) is 5.11. The lowest BCUT2D eigenvalue weighted by Crippen LogP contribution is -2.14.